The van der Waals surface area contributed by atoms with Crippen molar-refractivity contribution >= 4 is 33.4 Å². The van der Waals surface area contributed by atoms with Crippen molar-refractivity contribution in [2.24, 2.45) is 0 Å². The van der Waals surface area contributed by atoms with E-state index in [1.807, 2.05) is 20.8 Å². The Balaban J connectivity index is 2.07. The highest BCUT2D eigenvalue weighted by atomic mass is 79.9. The molecule has 1 aromatic carbocycles. The van der Waals surface area contributed by atoms with Crippen LogP contribution in [-0.2, 0) is 11.2 Å². The minimum absolute atomic E-state index is 0.0110. The first kappa shape index (κ1) is 18.9. The van der Waals surface area contributed by atoms with E-state index in [-0.39, 0.29) is 35.2 Å². The topological polar surface area (TPSA) is 91.3 Å². The Labute approximate surface area is 154 Å². The van der Waals surface area contributed by atoms with Crippen molar-refractivity contribution in [3.8, 4) is 5.75 Å². The van der Waals surface area contributed by atoms with Crippen LogP contribution in [0.15, 0.2) is 41.0 Å². The zero-order valence-electron chi connectivity index (χ0n) is 14.3. The molecule has 0 atom stereocenters. The molecule has 0 aliphatic heterocycles. The summed E-state index contributed by atoms with van der Waals surface area (Å²) in [5.41, 5.74) is 0.814. The molecule has 2 amide bonds. The standard InChI is InChI=1S/C18H20BrN3O3/c1-18(2,3)22-17(25)14-10-13(6-7-20-14)21-16(24)9-11-8-12(19)4-5-15(11)23/h4-8,10,23H,9H2,1-3H3,(H,22,25)(H,20,21,24). The maximum absolute atomic E-state index is 12.2. The van der Waals surface area contributed by atoms with Gasteiger partial charge in [0.25, 0.3) is 5.91 Å². The third kappa shape index (κ3) is 5.86. The summed E-state index contributed by atoms with van der Waals surface area (Å²) in [5, 5.41) is 15.3. The average molecular weight is 406 g/mol. The van der Waals surface area contributed by atoms with E-state index in [2.05, 4.69) is 31.5 Å². The molecule has 0 saturated heterocycles. The van der Waals surface area contributed by atoms with Gasteiger partial charge in [0.15, 0.2) is 0 Å². The van der Waals surface area contributed by atoms with Gasteiger partial charge in [-0.05, 0) is 51.1 Å². The van der Waals surface area contributed by atoms with Gasteiger partial charge in [-0.3, -0.25) is 14.6 Å². The first-order valence-corrected chi connectivity index (χ1v) is 8.49. The van der Waals surface area contributed by atoms with Gasteiger partial charge in [0.05, 0.1) is 6.42 Å². The molecule has 0 aliphatic carbocycles. The molecule has 0 bridgehead atoms. The summed E-state index contributed by atoms with van der Waals surface area (Å²) >= 11 is 3.31. The van der Waals surface area contributed by atoms with E-state index in [9.17, 15) is 14.7 Å². The van der Waals surface area contributed by atoms with E-state index in [4.69, 9.17) is 0 Å². The van der Waals surface area contributed by atoms with Crippen LogP contribution in [0.4, 0.5) is 5.69 Å². The fourth-order valence-corrected chi connectivity index (χ4v) is 2.52. The summed E-state index contributed by atoms with van der Waals surface area (Å²) in [5.74, 6) is -0.562. The van der Waals surface area contributed by atoms with Gasteiger partial charge in [0.2, 0.25) is 5.91 Å². The van der Waals surface area contributed by atoms with Gasteiger partial charge in [-0.1, -0.05) is 15.9 Å². The van der Waals surface area contributed by atoms with Crippen LogP contribution in [0.25, 0.3) is 0 Å². The predicted molar refractivity (Wildman–Crippen MR) is 99.6 cm³/mol. The molecular weight excluding hydrogens is 386 g/mol. The number of nitrogens with zero attached hydrogens (tertiary/aromatic N) is 1. The lowest BCUT2D eigenvalue weighted by Crippen LogP contribution is -2.40. The molecule has 1 heterocycles. The number of phenolic OH excluding ortho intramolecular Hbond substituents is 1. The Morgan fingerprint density at radius 3 is 2.60 bits per heavy atom. The number of pyridine rings is 1. The lowest BCUT2D eigenvalue weighted by atomic mass is 10.1. The highest BCUT2D eigenvalue weighted by Crippen LogP contribution is 2.22. The molecule has 0 aliphatic rings. The lowest BCUT2D eigenvalue weighted by Gasteiger charge is -2.20. The molecule has 2 rings (SSSR count). The minimum atomic E-state index is -0.379. The van der Waals surface area contributed by atoms with Gasteiger partial charge in [0.1, 0.15) is 11.4 Å². The number of rotatable bonds is 4. The molecule has 1 aromatic heterocycles. The summed E-state index contributed by atoms with van der Waals surface area (Å²) in [6.07, 6.45) is 1.47. The smallest absolute Gasteiger partial charge is 0.270 e. The summed E-state index contributed by atoms with van der Waals surface area (Å²) in [7, 11) is 0. The van der Waals surface area contributed by atoms with Crippen LogP contribution in [0, 0.1) is 0 Å². The summed E-state index contributed by atoms with van der Waals surface area (Å²) in [6.45, 7) is 5.63. The number of hydrogen-bond acceptors (Lipinski definition) is 4. The molecule has 3 N–H and O–H groups in total. The Bertz CT molecular complexity index is 800. The number of hydrogen-bond donors (Lipinski definition) is 3. The Morgan fingerprint density at radius 2 is 1.92 bits per heavy atom. The maximum Gasteiger partial charge on any atom is 0.270 e. The summed E-state index contributed by atoms with van der Waals surface area (Å²) < 4.78 is 0.776. The molecule has 7 heteroatoms. The molecule has 2 aromatic rings. The van der Waals surface area contributed by atoms with Crippen molar-refractivity contribution in [2.75, 3.05) is 5.32 Å². The Hall–Kier alpha value is -2.41. The molecule has 0 fully saturated rings. The monoisotopic (exact) mass is 405 g/mol. The molecule has 0 spiro atoms. The summed E-state index contributed by atoms with van der Waals surface area (Å²) in [6, 6.07) is 8.02. The van der Waals surface area contributed by atoms with E-state index in [0.717, 1.165) is 4.47 Å². The van der Waals surface area contributed by atoms with Crippen molar-refractivity contribution in [1.82, 2.24) is 10.3 Å². The van der Waals surface area contributed by atoms with Crippen LogP contribution in [0.2, 0.25) is 0 Å². The van der Waals surface area contributed by atoms with Crippen molar-refractivity contribution in [3.63, 3.8) is 0 Å². The lowest BCUT2D eigenvalue weighted by molar-refractivity contribution is -0.115. The highest BCUT2D eigenvalue weighted by molar-refractivity contribution is 9.10. The SMILES string of the molecule is CC(C)(C)NC(=O)c1cc(NC(=O)Cc2cc(Br)ccc2O)ccn1. The molecular formula is C18H20BrN3O3. The van der Waals surface area contributed by atoms with Crippen molar-refractivity contribution in [3.05, 3.63) is 52.3 Å². The largest absolute Gasteiger partial charge is 0.508 e. The molecule has 0 unspecified atom stereocenters. The normalized spacial score (nSPS) is 11.0. The number of anilines is 1. The van der Waals surface area contributed by atoms with Gasteiger partial charge in [-0.15, -0.1) is 0 Å². The van der Waals surface area contributed by atoms with Crippen molar-refractivity contribution in [2.45, 2.75) is 32.7 Å². The van der Waals surface area contributed by atoms with Crippen LogP contribution in [0.5, 0.6) is 5.75 Å². The van der Waals surface area contributed by atoms with Crippen LogP contribution in [-0.4, -0.2) is 27.4 Å². The second-order valence-corrected chi connectivity index (χ2v) is 7.55. The van der Waals surface area contributed by atoms with Crippen molar-refractivity contribution < 1.29 is 14.7 Å². The van der Waals surface area contributed by atoms with Crippen LogP contribution >= 0.6 is 15.9 Å². The van der Waals surface area contributed by atoms with Crippen LogP contribution in [0.1, 0.15) is 36.8 Å². The fourth-order valence-electron chi connectivity index (χ4n) is 2.11. The van der Waals surface area contributed by atoms with E-state index in [0.29, 0.717) is 11.3 Å². The second-order valence-electron chi connectivity index (χ2n) is 6.63. The summed E-state index contributed by atoms with van der Waals surface area (Å²) in [4.78, 5) is 28.4. The van der Waals surface area contributed by atoms with Gasteiger partial charge in [0, 0.05) is 27.5 Å². The first-order valence-electron chi connectivity index (χ1n) is 7.70. The van der Waals surface area contributed by atoms with Gasteiger partial charge in [-0.2, -0.15) is 0 Å². The second kappa shape index (κ2) is 7.65. The predicted octanol–water partition coefficient (Wildman–Crippen LogP) is 3.26. The van der Waals surface area contributed by atoms with Crippen LogP contribution < -0.4 is 10.6 Å². The molecule has 25 heavy (non-hydrogen) atoms. The van der Waals surface area contributed by atoms with Crippen LogP contribution in [0.3, 0.4) is 0 Å². The fraction of sp³-hybridized carbons (Fsp3) is 0.278. The Morgan fingerprint density at radius 1 is 1.20 bits per heavy atom. The maximum atomic E-state index is 12.2. The number of carbonyl (C=O) groups excluding carboxylic acids is 2. The van der Waals surface area contributed by atoms with E-state index < -0.39 is 0 Å². The molecule has 0 radical (unpaired) electrons. The third-order valence-corrected chi connectivity index (χ3v) is 3.65. The Kier molecular flexibility index (Phi) is 5.79. The van der Waals surface area contributed by atoms with E-state index in [1.54, 1.807) is 18.2 Å². The number of halogens is 1. The minimum Gasteiger partial charge on any atom is -0.508 e. The quantitative estimate of drug-likeness (QED) is 0.727. The number of phenols is 1. The molecule has 0 saturated carbocycles. The number of nitrogens with one attached hydrogen (secondary N) is 2. The molecule has 132 valence electrons. The van der Waals surface area contributed by atoms with E-state index in [1.165, 1.54) is 18.3 Å². The zero-order chi connectivity index (χ0) is 18.6. The van der Waals surface area contributed by atoms with E-state index >= 15 is 0 Å². The van der Waals surface area contributed by atoms with Gasteiger partial charge >= 0.3 is 0 Å². The highest BCUT2D eigenvalue weighted by Gasteiger charge is 2.17. The number of carbonyl (C=O) groups is 2. The number of benzene rings is 1. The van der Waals surface area contributed by atoms with Crippen molar-refractivity contribution in [1.29, 1.82) is 0 Å². The number of amides is 2. The van der Waals surface area contributed by atoms with Gasteiger partial charge < -0.3 is 15.7 Å². The average Bonchev–Trinajstić information content (AvgIpc) is 2.49. The zero-order valence-corrected chi connectivity index (χ0v) is 15.8. The van der Waals surface area contributed by atoms with Gasteiger partial charge in [-0.25, -0.2) is 0 Å². The first-order chi connectivity index (χ1) is 11.6. The number of aromatic nitrogens is 1. The number of aromatic hydroxyl groups is 1. The third-order valence-electron chi connectivity index (χ3n) is 3.16. The molecule has 6 nitrogen and oxygen atoms in total.